The largest absolute Gasteiger partial charge is 0.316 e. The molecule has 0 amide bonds. The first kappa shape index (κ1) is 15.4. The van der Waals surface area contributed by atoms with Gasteiger partial charge < -0.3 is 5.32 Å². The van der Waals surface area contributed by atoms with Gasteiger partial charge >= 0.3 is 0 Å². The van der Waals surface area contributed by atoms with Crippen LogP contribution < -0.4 is 10.00 Å². The summed E-state index contributed by atoms with van der Waals surface area (Å²) in [5.74, 6) is 0. The van der Waals surface area contributed by atoms with Gasteiger partial charge in [-0.1, -0.05) is 41.9 Å². The number of fused-ring (bicyclic) bond motifs is 1. The van der Waals surface area contributed by atoms with Crippen LogP contribution in [-0.4, -0.2) is 18.2 Å². The number of aromatic nitrogens is 2. The number of halogens is 1. The van der Waals surface area contributed by atoms with Crippen molar-refractivity contribution in [1.82, 2.24) is 10.4 Å². The molecule has 3 nitrogen and oxygen atoms in total. The molecule has 1 aliphatic rings. The third-order valence-electron chi connectivity index (χ3n) is 4.59. The molecule has 4 heteroatoms. The second kappa shape index (κ2) is 6.80. The molecule has 2 heterocycles. The van der Waals surface area contributed by atoms with Crippen LogP contribution in [-0.2, 0) is 19.4 Å². The predicted molar refractivity (Wildman–Crippen MR) is 97.3 cm³/mol. The highest BCUT2D eigenvalue weighted by atomic mass is 35.5. The zero-order valence-corrected chi connectivity index (χ0v) is 14.3. The molecule has 4 rings (SSSR count). The molecule has 0 aliphatic carbocycles. The van der Waals surface area contributed by atoms with Crippen LogP contribution in [0.2, 0.25) is 5.02 Å². The molecular weight excluding hydrogens is 318 g/mol. The van der Waals surface area contributed by atoms with Gasteiger partial charge in [0.15, 0.2) is 6.54 Å². The van der Waals surface area contributed by atoms with Crippen LogP contribution in [0.15, 0.2) is 54.6 Å². The minimum atomic E-state index is 0.775. The van der Waals surface area contributed by atoms with E-state index in [1.165, 1.54) is 28.1 Å². The van der Waals surface area contributed by atoms with Crippen molar-refractivity contribution in [2.45, 2.75) is 19.4 Å². The summed E-state index contributed by atoms with van der Waals surface area (Å²) in [4.78, 5) is 0. The maximum absolute atomic E-state index is 6.09. The van der Waals surface area contributed by atoms with Gasteiger partial charge in [-0.3, -0.25) is 0 Å². The van der Waals surface area contributed by atoms with Gasteiger partial charge in [-0.05, 0) is 37.2 Å². The van der Waals surface area contributed by atoms with Crippen LogP contribution in [0, 0.1) is 0 Å². The molecule has 0 bridgehead atoms. The van der Waals surface area contributed by atoms with E-state index in [2.05, 4.69) is 57.6 Å². The van der Waals surface area contributed by atoms with E-state index in [9.17, 15) is 0 Å². The van der Waals surface area contributed by atoms with Crippen molar-refractivity contribution in [2.24, 2.45) is 0 Å². The molecule has 0 unspecified atom stereocenters. The number of benzene rings is 2. The Balaban J connectivity index is 1.81. The maximum Gasteiger partial charge on any atom is 0.242 e. The molecule has 2 N–H and O–H groups in total. The van der Waals surface area contributed by atoms with Crippen molar-refractivity contribution in [3.05, 3.63) is 76.4 Å². The molecule has 0 atom stereocenters. The van der Waals surface area contributed by atoms with E-state index in [0.717, 1.165) is 37.5 Å². The third kappa shape index (κ3) is 3.10. The Morgan fingerprint density at radius 1 is 0.917 bits per heavy atom. The quantitative estimate of drug-likeness (QED) is 0.705. The van der Waals surface area contributed by atoms with E-state index in [0.29, 0.717) is 0 Å². The van der Waals surface area contributed by atoms with E-state index in [1.54, 1.807) is 0 Å². The van der Waals surface area contributed by atoms with Crippen molar-refractivity contribution in [3.8, 4) is 11.3 Å². The lowest BCUT2D eigenvalue weighted by Gasteiger charge is -2.03. The topological polar surface area (TPSA) is 31.7 Å². The molecule has 1 aliphatic heterocycles. The Morgan fingerprint density at radius 3 is 2.46 bits per heavy atom. The molecule has 1 aromatic heterocycles. The summed E-state index contributed by atoms with van der Waals surface area (Å²) >= 11 is 6.09. The van der Waals surface area contributed by atoms with Crippen LogP contribution in [0.25, 0.3) is 11.3 Å². The van der Waals surface area contributed by atoms with E-state index in [1.807, 2.05) is 12.1 Å². The lowest BCUT2D eigenvalue weighted by atomic mass is 10.0. The fraction of sp³-hybridized carbons (Fsp3) is 0.250. The molecular formula is C20H21ClN3+. The highest BCUT2D eigenvalue weighted by Gasteiger charge is 2.27. The molecule has 0 radical (unpaired) electrons. The fourth-order valence-electron chi connectivity index (χ4n) is 3.44. The Kier molecular flexibility index (Phi) is 4.37. The van der Waals surface area contributed by atoms with Gasteiger partial charge in [0, 0.05) is 29.1 Å². The van der Waals surface area contributed by atoms with Gasteiger partial charge in [-0.2, -0.15) is 5.10 Å². The van der Waals surface area contributed by atoms with Crippen LogP contribution in [0.4, 0.5) is 0 Å². The van der Waals surface area contributed by atoms with Gasteiger partial charge in [0.2, 0.25) is 5.69 Å². The minimum absolute atomic E-state index is 0.775. The zero-order valence-electron chi connectivity index (χ0n) is 13.6. The molecule has 24 heavy (non-hydrogen) atoms. The number of nitrogens with zero attached hydrogens (tertiary/aromatic N) is 1. The molecule has 0 saturated heterocycles. The van der Waals surface area contributed by atoms with Crippen molar-refractivity contribution in [1.29, 1.82) is 0 Å². The second-order valence-corrected chi connectivity index (χ2v) is 6.68. The first-order chi connectivity index (χ1) is 11.8. The molecule has 2 aromatic carbocycles. The zero-order chi connectivity index (χ0) is 16.4. The Hall–Kier alpha value is -2.10. The van der Waals surface area contributed by atoms with Gasteiger partial charge in [-0.25, -0.2) is 0 Å². The Morgan fingerprint density at radius 2 is 1.67 bits per heavy atom. The predicted octanol–water partition coefficient (Wildman–Crippen LogP) is 3.36. The van der Waals surface area contributed by atoms with E-state index < -0.39 is 0 Å². The lowest BCUT2D eigenvalue weighted by Crippen LogP contribution is -2.39. The van der Waals surface area contributed by atoms with Gasteiger partial charge in [-0.15, -0.1) is 4.68 Å². The van der Waals surface area contributed by atoms with Gasteiger partial charge in [0.05, 0.1) is 11.3 Å². The van der Waals surface area contributed by atoms with Crippen LogP contribution >= 0.6 is 11.6 Å². The van der Waals surface area contributed by atoms with Crippen molar-refractivity contribution < 1.29 is 4.68 Å². The number of aromatic amines is 1. The fourth-order valence-corrected chi connectivity index (χ4v) is 3.57. The maximum atomic E-state index is 6.09. The van der Waals surface area contributed by atoms with Crippen LogP contribution in [0.5, 0.6) is 0 Å². The first-order valence-electron chi connectivity index (χ1n) is 8.45. The Bertz CT molecular complexity index is 822. The monoisotopic (exact) mass is 338 g/mol. The number of hydrogen-bond acceptors (Lipinski definition) is 1. The number of nitrogens with one attached hydrogen (secondary N) is 2. The van der Waals surface area contributed by atoms with E-state index >= 15 is 0 Å². The summed E-state index contributed by atoms with van der Waals surface area (Å²) in [7, 11) is 0. The minimum Gasteiger partial charge on any atom is -0.316 e. The van der Waals surface area contributed by atoms with Crippen molar-refractivity contribution >= 4 is 11.6 Å². The van der Waals surface area contributed by atoms with Crippen molar-refractivity contribution in [3.63, 3.8) is 0 Å². The molecule has 0 saturated carbocycles. The molecule has 0 spiro atoms. The summed E-state index contributed by atoms with van der Waals surface area (Å²) in [5, 5.41) is 7.91. The highest BCUT2D eigenvalue weighted by Crippen LogP contribution is 2.26. The molecule has 0 fully saturated rings. The third-order valence-corrected chi connectivity index (χ3v) is 4.85. The lowest BCUT2D eigenvalue weighted by molar-refractivity contribution is -0.732. The van der Waals surface area contributed by atoms with Crippen molar-refractivity contribution in [2.75, 3.05) is 13.1 Å². The SMILES string of the molecule is Clc1ccc(-c2c3c([nH][n+]2Cc2ccccc2)CCNCC3)cc1. The van der Waals surface area contributed by atoms with E-state index in [-0.39, 0.29) is 0 Å². The van der Waals surface area contributed by atoms with E-state index in [4.69, 9.17) is 11.6 Å². The smallest absolute Gasteiger partial charge is 0.242 e. The average molecular weight is 339 g/mol. The van der Waals surface area contributed by atoms with Crippen LogP contribution in [0.1, 0.15) is 16.8 Å². The Labute approximate surface area is 147 Å². The van der Waals surface area contributed by atoms with Gasteiger partial charge in [0.25, 0.3) is 0 Å². The second-order valence-electron chi connectivity index (χ2n) is 6.25. The standard InChI is InChI=1S/C20H20ClN3/c21-17-8-6-16(7-9-17)20-18-10-12-22-13-11-19(18)23-24(20)14-15-4-2-1-3-5-15/h1-9,22H,10-14H2/p+1. The summed E-state index contributed by atoms with van der Waals surface area (Å²) in [5.41, 5.74) is 6.58. The van der Waals surface area contributed by atoms with Crippen LogP contribution in [0.3, 0.4) is 0 Å². The number of rotatable bonds is 3. The average Bonchev–Trinajstić information content (AvgIpc) is 2.78. The summed E-state index contributed by atoms with van der Waals surface area (Å²) < 4.78 is 2.29. The number of hydrogen-bond donors (Lipinski definition) is 2. The summed E-state index contributed by atoms with van der Waals surface area (Å²) in [6.07, 6.45) is 2.09. The normalized spacial score (nSPS) is 14.2. The number of H-pyrrole nitrogens is 1. The first-order valence-corrected chi connectivity index (χ1v) is 8.83. The summed E-state index contributed by atoms with van der Waals surface area (Å²) in [6, 6.07) is 18.8. The molecule has 3 aromatic rings. The summed E-state index contributed by atoms with van der Waals surface area (Å²) in [6.45, 7) is 2.90. The highest BCUT2D eigenvalue weighted by molar-refractivity contribution is 6.30. The molecule has 122 valence electrons. The van der Waals surface area contributed by atoms with Gasteiger partial charge in [0.1, 0.15) is 0 Å².